The fraction of sp³-hybridized carbons (Fsp3) is 0.278. The lowest BCUT2D eigenvalue weighted by Gasteiger charge is -2.13. The van der Waals surface area contributed by atoms with Crippen LogP contribution in [0, 0.1) is 34.6 Å². The molecule has 0 amide bonds. The van der Waals surface area contributed by atoms with Gasteiger partial charge in [-0.1, -0.05) is 17.3 Å². The van der Waals surface area contributed by atoms with Crippen LogP contribution < -0.4 is 4.72 Å². The predicted octanol–water partition coefficient (Wildman–Crippen LogP) is 4.75. The lowest BCUT2D eigenvalue weighted by atomic mass is 10.1. The zero-order chi connectivity index (χ0) is 18.4. The van der Waals surface area contributed by atoms with E-state index in [0.717, 1.165) is 20.9 Å². The summed E-state index contributed by atoms with van der Waals surface area (Å²) in [6, 6.07) is 7.32. The van der Waals surface area contributed by atoms with Crippen LogP contribution in [0.25, 0.3) is 11.3 Å². The molecule has 0 aliphatic rings. The molecule has 1 aromatic carbocycles. The highest BCUT2D eigenvalue weighted by Gasteiger charge is 2.28. The Labute approximate surface area is 151 Å². The Morgan fingerprint density at radius 1 is 1.08 bits per heavy atom. The molecule has 3 aromatic rings. The number of aromatic nitrogens is 1. The summed E-state index contributed by atoms with van der Waals surface area (Å²) in [5.41, 5.74) is 3.82. The van der Waals surface area contributed by atoms with Crippen molar-refractivity contribution in [3.63, 3.8) is 0 Å². The van der Waals surface area contributed by atoms with E-state index in [4.69, 9.17) is 4.52 Å². The van der Waals surface area contributed by atoms with Crippen molar-refractivity contribution in [2.75, 3.05) is 4.72 Å². The van der Waals surface area contributed by atoms with E-state index in [9.17, 15) is 8.42 Å². The maximum atomic E-state index is 13.1. The van der Waals surface area contributed by atoms with E-state index in [1.165, 1.54) is 11.3 Å². The second-order valence-electron chi connectivity index (χ2n) is 6.10. The lowest BCUT2D eigenvalue weighted by molar-refractivity contribution is 0.426. The second kappa shape index (κ2) is 6.31. The minimum absolute atomic E-state index is 0.257. The van der Waals surface area contributed by atoms with E-state index in [1.54, 1.807) is 12.1 Å². The monoisotopic (exact) mass is 376 g/mol. The third-order valence-electron chi connectivity index (χ3n) is 4.20. The van der Waals surface area contributed by atoms with Crippen LogP contribution in [0.4, 0.5) is 5.69 Å². The van der Waals surface area contributed by atoms with E-state index < -0.39 is 10.0 Å². The fourth-order valence-corrected chi connectivity index (χ4v) is 5.80. The minimum atomic E-state index is -3.76. The third-order valence-corrected chi connectivity index (χ3v) is 6.88. The van der Waals surface area contributed by atoms with Gasteiger partial charge in [0.1, 0.15) is 4.90 Å². The molecule has 0 aliphatic heterocycles. The van der Waals surface area contributed by atoms with Crippen molar-refractivity contribution in [1.29, 1.82) is 0 Å². The molecule has 0 saturated heterocycles. The van der Waals surface area contributed by atoms with Gasteiger partial charge in [-0.25, -0.2) is 8.42 Å². The van der Waals surface area contributed by atoms with Crippen LogP contribution in [0.5, 0.6) is 0 Å². The van der Waals surface area contributed by atoms with Gasteiger partial charge < -0.3 is 4.52 Å². The van der Waals surface area contributed by atoms with Crippen molar-refractivity contribution < 1.29 is 12.9 Å². The molecule has 0 bridgehead atoms. The van der Waals surface area contributed by atoms with Crippen molar-refractivity contribution in [1.82, 2.24) is 5.16 Å². The molecule has 0 saturated carbocycles. The number of thiophene rings is 1. The number of hydrogen-bond donors (Lipinski definition) is 1. The molecule has 1 N–H and O–H groups in total. The van der Waals surface area contributed by atoms with Gasteiger partial charge in [-0.2, -0.15) is 0 Å². The van der Waals surface area contributed by atoms with Gasteiger partial charge in [-0.3, -0.25) is 4.72 Å². The number of nitrogens with zero attached hydrogens (tertiary/aromatic N) is 1. The van der Waals surface area contributed by atoms with Crippen molar-refractivity contribution in [2.24, 2.45) is 0 Å². The highest BCUT2D eigenvalue weighted by atomic mass is 32.2. The first kappa shape index (κ1) is 17.7. The standard InChI is InChI=1S/C18H20N2O3S2/c1-10-7-6-8-15(12(10)3)20-25(21,22)18-14(5)24-13(4)17(18)16-9-11(2)19-23-16/h6-9,20H,1-5H3. The molecule has 0 spiro atoms. The Bertz CT molecular complexity index is 1050. The van der Waals surface area contributed by atoms with Crippen LogP contribution in [0.3, 0.4) is 0 Å². The largest absolute Gasteiger partial charge is 0.356 e. The number of benzene rings is 1. The summed E-state index contributed by atoms with van der Waals surface area (Å²) >= 11 is 1.44. The Morgan fingerprint density at radius 2 is 1.80 bits per heavy atom. The average molecular weight is 377 g/mol. The van der Waals surface area contributed by atoms with E-state index in [2.05, 4.69) is 9.88 Å². The van der Waals surface area contributed by atoms with Gasteiger partial charge in [-0.15, -0.1) is 11.3 Å². The van der Waals surface area contributed by atoms with E-state index in [0.29, 0.717) is 22.7 Å². The third kappa shape index (κ3) is 3.21. The predicted molar refractivity (Wildman–Crippen MR) is 101 cm³/mol. The molecule has 0 aliphatic carbocycles. The van der Waals surface area contributed by atoms with Gasteiger partial charge in [0.25, 0.3) is 10.0 Å². The van der Waals surface area contributed by atoms with Gasteiger partial charge in [0.15, 0.2) is 5.76 Å². The molecule has 0 radical (unpaired) electrons. The average Bonchev–Trinajstić information content (AvgIpc) is 3.06. The van der Waals surface area contributed by atoms with Crippen molar-refractivity contribution in [2.45, 2.75) is 39.5 Å². The fourth-order valence-electron chi connectivity index (χ4n) is 2.81. The van der Waals surface area contributed by atoms with E-state index in [-0.39, 0.29) is 4.90 Å². The van der Waals surface area contributed by atoms with Crippen molar-refractivity contribution in [3.8, 4) is 11.3 Å². The summed E-state index contributed by atoms with van der Waals surface area (Å²) in [5.74, 6) is 0.473. The molecule has 0 atom stereocenters. The van der Waals surface area contributed by atoms with Crippen LogP contribution in [-0.4, -0.2) is 13.6 Å². The van der Waals surface area contributed by atoms with Crippen molar-refractivity contribution in [3.05, 3.63) is 50.8 Å². The topological polar surface area (TPSA) is 72.2 Å². The van der Waals surface area contributed by atoms with Crippen molar-refractivity contribution >= 4 is 27.0 Å². The van der Waals surface area contributed by atoms with Gasteiger partial charge >= 0.3 is 0 Å². The zero-order valence-electron chi connectivity index (χ0n) is 14.8. The first-order valence-electron chi connectivity index (χ1n) is 7.83. The number of rotatable bonds is 4. The molecule has 0 unspecified atom stereocenters. The lowest BCUT2D eigenvalue weighted by Crippen LogP contribution is -2.15. The van der Waals surface area contributed by atoms with Gasteiger partial charge in [0.2, 0.25) is 0 Å². The number of aryl methyl sites for hydroxylation is 4. The number of anilines is 1. The maximum absolute atomic E-state index is 13.1. The molecule has 132 valence electrons. The summed E-state index contributed by atoms with van der Waals surface area (Å²) in [4.78, 5) is 1.86. The highest BCUT2D eigenvalue weighted by molar-refractivity contribution is 7.93. The Morgan fingerprint density at radius 3 is 2.44 bits per heavy atom. The van der Waals surface area contributed by atoms with Crippen LogP contribution in [0.15, 0.2) is 33.7 Å². The SMILES string of the molecule is Cc1cc(-c2c(C)sc(C)c2S(=O)(=O)Nc2cccc(C)c2C)on1. The second-order valence-corrected chi connectivity index (χ2v) is 9.15. The van der Waals surface area contributed by atoms with Crippen LogP contribution in [0.2, 0.25) is 0 Å². The normalized spacial score (nSPS) is 11.7. The molecule has 3 rings (SSSR count). The summed E-state index contributed by atoms with van der Waals surface area (Å²) in [6.07, 6.45) is 0. The van der Waals surface area contributed by atoms with Crippen LogP contribution in [0.1, 0.15) is 26.6 Å². The molecular weight excluding hydrogens is 356 g/mol. The zero-order valence-corrected chi connectivity index (χ0v) is 16.4. The summed E-state index contributed by atoms with van der Waals surface area (Å²) in [6.45, 7) is 9.36. The smallest absolute Gasteiger partial charge is 0.263 e. The Balaban J connectivity index is 2.14. The Kier molecular flexibility index (Phi) is 4.47. The van der Waals surface area contributed by atoms with Gasteiger partial charge in [-0.05, 0) is 51.8 Å². The van der Waals surface area contributed by atoms with E-state index in [1.807, 2.05) is 46.8 Å². The minimum Gasteiger partial charge on any atom is -0.356 e. The summed E-state index contributed by atoms with van der Waals surface area (Å²) < 4.78 is 34.3. The molecule has 2 heterocycles. The Hall–Kier alpha value is -2.12. The number of sulfonamides is 1. The first-order chi connectivity index (χ1) is 11.7. The molecule has 25 heavy (non-hydrogen) atoms. The molecular formula is C18H20N2O3S2. The molecule has 7 heteroatoms. The molecule has 5 nitrogen and oxygen atoms in total. The van der Waals surface area contributed by atoms with E-state index >= 15 is 0 Å². The quantitative estimate of drug-likeness (QED) is 0.713. The first-order valence-corrected chi connectivity index (χ1v) is 10.1. The van der Waals surface area contributed by atoms with Gasteiger partial charge in [0.05, 0.1) is 16.9 Å². The molecule has 0 fully saturated rings. The van der Waals surface area contributed by atoms with Gasteiger partial charge in [0, 0.05) is 15.8 Å². The summed E-state index contributed by atoms with van der Waals surface area (Å²) in [5, 5.41) is 3.89. The van der Waals surface area contributed by atoms with Crippen LogP contribution >= 0.6 is 11.3 Å². The number of nitrogens with one attached hydrogen (secondary N) is 1. The maximum Gasteiger partial charge on any atom is 0.263 e. The summed E-state index contributed by atoms with van der Waals surface area (Å²) in [7, 11) is -3.76. The highest BCUT2D eigenvalue weighted by Crippen LogP contribution is 2.40. The van der Waals surface area contributed by atoms with Crippen LogP contribution in [-0.2, 0) is 10.0 Å². The number of hydrogen-bond acceptors (Lipinski definition) is 5. The molecule has 2 aromatic heterocycles.